The Bertz CT molecular complexity index is 628. The third kappa shape index (κ3) is 3.11. The van der Waals surface area contributed by atoms with Crippen molar-refractivity contribution in [3.05, 3.63) is 49.9 Å². The van der Waals surface area contributed by atoms with E-state index in [1.807, 2.05) is 6.92 Å². The standard InChI is InChI=1S/C12H10BrClN2O2/c1-2-10-15-11(17)6-12(16-10)18-9-5-7(13)3-4-8(9)14/h3-6H,2H2,1H3,(H,15,16,17). The van der Waals surface area contributed by atoms with Crippen molar-refractivity contribution in [2.45, 2.75) is 13.3 Å². The highest BCUT2D eigenvalue weighted by Gasteiger charge is 2.07. The smallest absolute Gasteiger partial charge is 0.254 e. The molecule has 18 heavy (non-hydrogen) atoms. The molecule has 1 heterocycles. The number of aromatic nitrogens is 2. The Morgan fingerprint density at radius 1 is 1.44 bits per heavy atom. The van der Waals surface area contributed by atoms with Gasteiger partial charge in [-0.1, -0.05) is 34.5 Å². The van der Waals surface area contributed by atoms with Gasteiger partial charge in [-0.05, 0) is 18.2 Å². The fourth-order valence-corrected chi connectivity index (χ4v) is 1.87. The molecule has 0 saturated carbocycles. The first-order chi connectivity index (χ1) is 8.58. The van der Waals surface area contributed by atoms with Crippen molar-refractivity contribution in [3.8, 4) is 11.6 Å². The molecule has 94 valence electrons. The molecule has 0 saturated heterocycles. The van der Waals surface area contributed by atoms with Crippen LogP contribution in [-0.2, 0) is 6.42 Å². The first-order valence-electron chi connectivity index (χ1n) is 5.31. The highest BCUT2D eigenvalue weighted by molar-refractivity contribution is 9.10. The summed E-state index contributed by atoms with van der Waals surface area (Å²) in [7, 11) is 0. The van der Waals surface area contributed by atoms with Crippen LogP contribution in [0, 0.1) is 0 Å². The molecule has 0 unspecified atom stereocenters. The van der Waals surface area contributed by atoms with Gasteiger partial charge in [-0.15, -0.1) is 0 Å². The summed E-state index contributed by atoms with van der Waals surface area (Å²) in [6.07, 6.45) is 0.624. The summed E-state index contributed by atoms with van der Waals surface area (Å²) in [5.74, 6) is 1.26. The number of ether oxygens (including phenoxy) is 1. The van der Waals surface area contributed by atoms with Crippen molar-refractivity contribution in [1.82, 2.24) is 9.97 Å². The summed E-state index contributed by atoms with van der Waals surface area (Å²) < 4.78 is 6.36. The minimum absolute atomic E-state index is 0.232. The summed E-state index contributed by atoms with van der Waals surface area (Å²) in [6.45, 7) is 1.90. The Hall–Kier alpha value is -1.33. The topological polar surface area (TPSA) is 55.0 Å². The highest BCUT2D eigenvalue weighted by Crippen LogP contribution is 2.30. The summed E-state index contributed by atoms with van der Waals surface area (Å²) in [6, 6.07) is 6.51. The zero-order chi connectivity index (χ0) is 13.1. The molecule has 0 atom stereocenters. The van der Waals surface area contributed by atoms with Crippen LogP contribution < -0.4 is 10.3 Å². The lowest BCUT2D eigenvalue weighted by atomic mass is 10.3. The normalized spacial score (nSPS) is 10.4. The first-order valence-corrected chi connectivity index (χ1v) is 6.48. The molecule has 4 nitrogen and oxygen atoms in total. The van der Waals surface area contributed by atoms with Crippen LogP contribution in [0.4, 0.5) is 0 Å². The summed E-state index contributed by atoms with van der Waals surface area (Å²) >= 11 is 9.33. The molecule has 2 rings (SSSR count). The number of rotatable bonds is 3. The van der Waals surface area contributed by atoms with E-state index < -0.39 is 0 Å². The van der Waals surface area contributed by atoms with Gasteiger partial charge >= 0.3 is 0 Å². The number of nitrogens with zero attached hydrogens (tertiary/aromatic N) is 1. The van der Waals surface area contributed by atoms with Gasteiger partial charge in [0.1, 0.15) is 11.6 Å². The number of benzene rings is 1. The summed E-state index contributed by atoms with van der Waals surface area (Å²) in [5, 5.41) is 0.457. The third-order valence-corrected chi connectivity index (χ3v) is 3.02. The Morgan fingerprint density at radius 2 is 2.22 bits per heavy atom. The first kappa shape index (κ1) is 13.1. The van der Waals surface area contributed by atoms with Gasteiger partial charge in [-0.3, -0.25) is 4.79 Å². The molecule has 1 N–H and O–H groups in total. The second kappa shape index (κ2) is 5.54. The SMILES string of the molecule is CCc1nc(Oc2cc(Br)ccc2Cl)cc(=O)[nH]1. The average molecular weight is 330 g/mol. The third-order valence-electron chi connectivity index (χ3n) is 2.21. The predicted molar refractivity (Wildman–Crippen MR) is 73.5 cm³/mol. The lowest BCUT2D eigenvalue weighted by Gasteiger charge is -2.07. The summed E-state index contributed by atoms with van der Waals surface area (Å²) in [5.41, 5.74) is -0.247. The zero-order valence-corrected chi connectivity index (χ0v) is 11.9. The van der Waals surface area contributed by atoms with Gasteiger partial charge in [0.2, 0.25) is 5.88 Å². The van der Waals surface area contributed by atoms with Crippen LogP contribution in [0.1, 0.15) is 12.7 Å². The van der Waals surface area contributed by atoms with E-state index in [-0.39, 0.29) is 11.4 Å². The molecular weight excluding hydrogens is 320 g/mol. The van der Waals surface area contributed by atoms with Gasteiger partial charge in [0.25, 0.3) is 5.56 Å². The molecule has 0 aliphatic rings. The molecule has 0 aliphatic heterocycles. The van der Waals surface area contributed by atoms with Crippen LogP contribution in [0.3, 0.4) is 0 Å². The Labute approximate surface area is 117 Å². The van der Waals surface area contributed by atoms with E-state index in [0.29, 0.717) is 23.0 Å². The monoisotopic (exact) mass is 328 g/mol. The number of hydrogen-bond donors (Lipinski definition) is 1. The lowest BCUT2D eigenvalue weighted by molar-refractivity contribution is 0.457. The molecule has 2 aromatic rings. The molecule has 6 heteroatoms. The largest absolute Gasteiger partial charge is 0.437 e. The van der Waals surface area contributed by atoms with Crippen molar-refractivity contribution >= 4 is 27.5 Å². The molecule has 0 amide bonds. The Balaban J connectivity index is 2.36. The Morgan fingerprint density at radius 3 is 2.94 bits per heavy atom. The van der Waals surface area contributed by atoms with Gasteiger partial charge in [0.05, 0.1) is 11.1 Å². The molecule has 0 aliphatic carbocycles. The minimum atomic E-state index is -0.247. The van der Waals surface area contributed by atoms with Crippen molar-refractivity contribution < 1.29 is 4.74 Å². The van der Waals surface area contributed by atoms with Crippen LogP contribution in [0.15, 0.2) is 33.5 Å². The second-order valence-electron chi connectivity index (χ2n) is 3.56. The van der Waals surface area contributed by atoms with Gasteiger partial charge in [0.15, 0.2) is 0 Å². The van der Waals surface area contributed by atoms with E-state index >= 15 is 0 Å². The van der Waals surface area contributed by atoms with Crippen LogP contribution >= 0.6 is 27.5 Å². The van der Waals surface area contributed by atoms with E-state index in [4.69, 9.17) is 16.3 Å². The number of nitrogens with one attached hydrogen (secondary N) is 1. The number of H-pyrrole nitrogens is 1. The lowest BCUT2D eigenvalue weighted by Crippen LogP contribution is -2.10. The number of aryl methyl sites for hydroxylation is 1. The average Bonchev–Trinajstić information content (AvgIpc) is 2.33. The quantitative estimate of drug-likeness (QED) is 0.937. The number of hydrogen-bond acceptors (Lipinski definition) is 3. The molecule has 1 aromatic heterocycles. The number of halogens is 2. The van der Waals surface area contributed by atoms with Crippen LogP contribution in [-0.4, -0.2) is 9.97 Å². The Kier molecular flexibility index (Phi) is 4.04. The maximum Gasteiger partial charge on any atom is 0.254 e. The van der Waals surface area contributed by atoms with Crippen molar-refractivity contribution in [2.75, 3.05) is 0 Å². The second-order valence-corrected chi connectivity index (χ2v) is 4.88. The van der Waals surface area contributed by atoms with E-state index in [1.165, 1.54) is 6.07 Å². The molecule has 0 fully saturated rings. The van der Waals surface area contributed by atoms with Crippen LogP contribution in [0.5, 0.6) is 11.6 Å². The van der Waals surface area contributed by atoms with Gasteiger partial charge in [0, 0.05) is 10.9 Å². The van der Waals surface area contributed by atoms with Gasteiger partial charge in [-0.25, -0.2) is 0 Å². The predicted octanol–water partition coefficient (Wildman–Crippen LogP) is 3.54. The zero-order valence-electron chi connectivity index (χ0n) is 9.54. The van der Waals surface area contributed by atoms with E-state index in [0.717, 1.165) is 4.47 Å². The number of aromatic amines is 1. The molecule has 0 radical (unpaired) electrons. The molecule has 0 bridgehead atoms. The maximum atomic E-state index is 11.4. The summed E-state index contributed by atoms with van der Waals surface area (Å²) in [4.78, 5) is 18.2. The molecule has 1 aromatic carbocycles. The van der Waals surface area contributed by atoms with Gasteiger partial charge < -0.3 is 9.72 Å². The van der Waals surface area contributed by atoms with Crippen molar-refractivity contribution in [2.24, 2.45) is 0 Å². The molecule has 0 spiro atoms. The molecular formula is C12H10BrClN2O2. The fourth-order valence-electron chi connectivity index (χ4n) is 1.37. The van der Waals surface area contributed by atoms with Gasteiger partial charge in [-0.2, -0.15) is 4.98 Å². The van der Waals surface area contributed by atoms with Crippen molar-refractivity contribution in [1.29, 1.82) is 0 Å². The van der Waals surface area contributed by atoms with Crippen molar-refractivity contribution in [3.63, 3.8) is 0 Å². The highest BCUT2D eigenvalue weighted by atomic mass is 79.9. The van der Waals surface area contributed by atoms with E-state index in [9.17, 15) is 4.79 Å². The van der Waals surface area contributed by atoms with Crippen LogP contribution in [0.25, 0.3) is 0 Å². The van der Waals surface area contributed by atoms with E-state index in [2.05, 4.69) is 25.9 Å². The van der Waals surface area contributed by atoms with Crippen LogP contribution in [0.2, 0.25) is 5.02 Å². The fraction of sp³-hybridized carbons (Fsp3) is 0.167. The van der Waals surface area contributed by atoms with E-state index in [1.54, 1.807) is 18.2 Å². The minimum Gasteiger partial charge on any atom is -0.437 e. The maximum absolute atomic E-state index is 11.4.